The van der Waals surface area contributed by atoms with E-state index in [0.717, 1.165) is 23.9 Å². The third kappa shape index (κ3) is 6.00. The number of carbonyl (C=O) groups excluding carboxylic acids is 3. The predicted octanol–water partition coefficient (Wildman–Crippen LogP) is 2.66. The van der Waals surface area contributed by atoms with Crippen LogP contribution < -0.4 is 16.0 Å². The molecule has 172 valence electrons. The molecule has 1 unspecified atom stereocenters. The van der Waals surface area contributed by atoms with E-state index in [0.29, 0.717) is 5.69 Å². The molecule has 1 atom stereocenters. The summed E-state index contributed by atoms with van der Waals surface area (Å²) >= 11 is 0. The Kier molecular flexibility index (Phi) is 7.50. The van der Waals surface area contributed by atoms with Crippen LogP contribution in [0.5, 0.6) is 0 Å². The normalized spacial score (nSPS) is 11.7. The Morgan fingerprint density at radius 3 is 2.24 bits per heavy atom. The van der Waals surface area contributed by atoms with E-state index >= 15 is 0 Å². The highest BCUT2D eigenvalue weighted by Crippen LogP contribution is 2.14. The Hall–Kier alpha value is -4.08. The summed E-state index contributed by atoms with van der Waals surface area (Å²) in [7, 11) is 0. The van der Waals surface area contributed by atoms with Gasteiger partial charge < -0.3 is 16.0 Å². The molecule has 0 aliphatic carbocycles. The van der Waals surface area contributed by atoms with Crippen LogP contribution in [0.4, 0.5) is 14.5 Å². The van der Waals surface area contributed by atoms with Crippen molar-refractivity contribution in [2.45, 2.75) is 19.9 Å². The predicted molar refractivity (Wildman–Crippen MR) is 118 cm³/mol. The van der Waals surface area contributed by atoms with Crippen molar-refractivity contribution in [3.8, 4) is 5.69 Å². The summed E-state index contributed by atoms with van der Waals surface area (Å²) in [5.41, 5.74) is 0.564. The van der Waals surface area contributed by atoms with Crippen LogP contribution in [0, 0.1) is 17.6 Å². The number of hydrogen-bond donors (Lipinski definition) is 3. The number of anilines is 1. The standard InChI is InChI=1S/C23H23F2N5O3/c1-14(2)21(29-22(32)20-17(24)5-3-6-18(20)25)23(33)26-13-19(31)28-15-7-9-16(10-8-15)30-12-4-11-27-30/h3-12,14,21H,13H2,1-2H3,(H,26,33)(H,28,31)(H,29,32). The lowest BCUT2D eigenvalue weighted by Gasteiger charge is -2.22. The van der Waals surface area contributed by atoms with Crippen LogP contribution in [0.15, 0.2) is 60.9 Å². The van der Waals surface area contributed by atoms with Gasteiger partial charge >= 0.3 is 0 Å². The van der Waals surface area contributed by atoms with Crippen LogP contribution in [-0.2, 0) is 9.59 Å². The molecule has 1 aromatic heterocycles. The molecule has 0 radical (unpaired) electrons. The molecule has 2 aromatic carbocycles. The summed E-state index contributed by atoms with van der Waals surface area (Å²) in [6, 6.07) is 10.7. The molecular formula is C23H23F2N5O3. The van der Waals surface area contributed by atoms with Crippen molar-refractivity contribution in [2.75, 3.05) is 11.9 Å². The highest BCUT2D eigenvalue weighted by atomic mass is 19.1. The molecular weight excluding hydrogens is 432 g/mol. The molecule has 3 aromatic rings. The lowest BCUT2D eigenvalue weighted by atomic mass is 10.0. The first kappa shape index (κ1) is 23.6. The molecule has 3 rings (SSSR count). The lowest BCUT2D eigenvalue weighted by molar-refractivity contribution is -0.126. The molecule has 10 heteroatoms. The van der Waals surface area contributed by atoms with Crippen molar-refractivity contribution in [2.24, 2.45) is 5.92 Å². The van der Waals surface area contributed by atoms with E-state index in [9.17, 15) is 23.2 Å². The number of rotatable bonds is 8. The first-order valence-electron chi connectivity index (χ1n) is 10.2. The fraction of sp³-hybridized carbons (Fsp3) is 0.217. The quantitative estimate of drug-likeness (QED) is 0.486. The minimum atomic E-state index is -1.10. The molecule has 0 spiro atoms. The van der Waals surface area contributed by atoms with Gasteiger partial charge in [-0.1, -0.05) is 19.9 Å². The van der Waals surface area contributed by atoms with E-state index in [-0.39, 0.29) is 6.54 Å². The van der Waals surface area contributed by atoms with Crippen molar-refractivity contribution in [3.05, 3.63) is 78.1 Å². The van der Waals surface area contributed by atoms with Crippen molar-refractivity contribution in [3.63, 3.8) is 0 Å². The van der Waals surface area contributed by atoms with Crippen LogP contribution in [0.2, 0.25) is 0 Å². The van der Waals surface area contributed by atoms with Crippen molar-refractivity contribution in [1.82, 2.24) is 20.4 Å². The first-order valence-corrected chi connectivity index (χ1v) is 10.2. The highest BCUT2D eigenvalue weighted by Gasteiger charge is 2.27. The number of amides is 3. The molecule has 0 bridgehead atoms. The number of benzene rings is 2. The molecule has 3 amide bonds. The van der Waals surface area contributed by atoms with Crippen molar-refractivity contribution in [1.29, 1.82) is 0 Å². The zero-order chi connectivity index (χ0) is 24.0. The second kappa shape index (κ2) is 10.5. The van der Waals surface area contributed by atoms with Gasteiger partial charge in [0.1, 0.15) is 23.2 Å². The fourth-order valence-electron chi connectivity index (χ4n) is 3.06. The number of aromatic nitrogens is 2. The van der Waals surface area contributed by atoms with Gasteiger partial charge in [-0.05, 0) is 48.4 Å². The highest BCUT2D eigenvalue weighted by molar-refractivity contribution is 5.99. The summed E-state index contributed by atoms with van der Waals surface area (Å²) < 4.78 is 29.4. The van der Waals surface area contributed by atoms with E-state index < -0.39 is 46.9 Å². The molecule has 0 aliphatic heterocycles. The van der Waals surface area contributed by atoms with E-state index in [1.54, 1.807) is 61.3 Å². The first-order chi connectivity index (χ1) is 15.8. The second-order valence-corrected chi connectivity index (χ2v) is 7.56. The zero-order valence-electron chi connectivity index (χ0n) is 18.0. The van der Waals surface area contributed by atoms with Gasteiger partial charge in [-0.2, -0.15) is 5.10 Å². The maximum atomic E-state index is 13.9. The average Bonchev–Trinajstić information content (AvgIpc) is 3.31. The maximum Gasteiger partial charge on any atom is 0.257 e. The van der Waals surface area contributed by atoms with Crippen molar-refractivity contribution >= 4 is 23.4 Å². The fourth-order valence-corrected chi connectivity index (χ4v) is 3.06. The summed E-state index contributed by atoms with van der Waals surface area (Å²) in [4.78, 5) is 37.1. The smallest absolute Gasteiger partial charge is 0.257 e. The Morgan fingerprint density at radius 1 is 1.00 bits per heavy atom. The van der Waals surface area contributed by atoms with E-state index in [1.165, 1.54) is 0 Å². The zero-order valence-corrected chi connectivity index (χ0v) is 18.0. The third-order valence-corrected chi connectivity index (χ3v) is 4.77. The monoisotopic (exact) mass is 455 g/mol. The molecule has 0 saturated carbocycles. The number of nitrogens with one attached hydrogen (secondary N) is 3. The number of nitrogens with zero attached hydrogens (tertiary/aromatic N) is 2. The SMILES string of the molecule is CC(C)C(NC(=O)c1c(F)cccc1F)C(=O)NCC(=O)Nc1ccc(-n2cccn2)cc1. The van der Waals surface area contributed by atoms with Crippen LogP contribution in [-0.4, -0.2) is 40.1 Å². The van der Waals surface area contributed by atoms with E-state index in [1.807, 2.05) is 0 Å². The molecule has 0 fully saturated rings. The molecule has 1 heterocycles. The molecule has 0 saturated heterocycles. The molecule has 33 heavy (non-hydrogen) atoms. The minimum Gasteiger partial charge on any atom is -0.345 e. The van der Waals surface area contributed by atoms with Crippen molar-refractivity contribution < 1.29 is 23.2 Å². The van der Waals surface area contributed by atoms with Gasteiger partial charge in [0.25, 0.3) is 5.91 Å². The van der Waals surface area contributed by atoms with Gasteiger partial charge in [0.2, 0.25) is 11.8 Å². The van der Waals surface area contributed by atoms with E-state index in [2.05, 4.69) is 21.0 Å². The van der Waals surface area contributed by atoms with Gasteiger partial charge in [-0.3, -0.25) is 14.4 Å². The van der Waals surface area contributed by atoms with Gasteiger partial charge in [0.05, 0.1) is 12.2 Å². The Morgan fingerprint density at radius 2 is 1.67 bits per heavy atom. The van der Waals surface area contributed by atoms with Crippen LogP contribution in [0.3, 0.4) is 0 Å². The van der Waals surface area contributed by atoms with Crippen LogP contribution >= 0.6 is 0 Å². The summed E-state index contributed by atoms with van der Waals surface area (Å²) in [6.45, 7) is 2.96. The maximum absolute atomic E-state index is 13.9. The number of halogens is 2. The van der Waals surface area contributed by atoms with Gasteiger partial charge in [0.15, 0.2) is 0 Å². The molecule has 8 nitrogen and oxygen atoms in total. The number of hydrogen-bond acceptors (Lipinski definition) is 4. The third-order valence-electron chi connectivity index (χ3n) is 4.77. The summed E-state index contributed by atoms with van der Waals surface area (Å²) in [6.07, 6.45) is 3.44. The van der Waals surface area contributed by atoms with Gasteiger partial charge in [-0.25, -0.2) is 13.5 Å². The minimum absolute atomic E-state index is 0.354. The van der Waals surface area contributed by atoms with Gasteiger partial charge in [-0.15, -0.1) is 0 Å². The molecule has 0 aliphatic rings. The lowest BCUT2D eigenvalue weighted by Crippen LogP contribution is -2.51. The Bertz CT molecular complexity index is 1110. The topological polar surface area (TPSA) is 105 Å². The average molecular weight is 455 g/mol. The van der Waals surface area contributed by atoms with Gasteiger partial charge in [0, 0.05) is 18.1 Å². The Balaban J connectivity index is 1.56. The summed E-state index contributed by atoms with van der Waals surface area (Å²) in [5.74, 6) is -4.66. The second-order valence-electron chi connectivity index (χ2n) is 7.56. The van der Waals surface area contributed by atoms with Crippen LogP contribution in [0.25, 0.3) is 5.69 Å². The largest absolute Gasteiger partial charge is 0.345 e. The van der Waals surface area contributed by atoms with E-state index in [4.69, 9.17) is 0 Å². The van der Waals surface area contributed by atoms with Crippen LogP contribution in [0.1, 0.15) is 24.2 Å². The summed E-state index contributed by atoms with van der Waals surface area (Å²) in [5, 5.41) is 11.5. The number of carbonyl (C=O) groups is 3. The molecule has 3 N–H and O–H groups in total. The Labute approximate surface area is 189 Å².